The van der Waals surface area contributed by atoms with E-state index in [9.17, 15) is 14.4 Å². The highest BCUT2D eigenvalue weighted by molar-refractivity contribution is 6.11. The minimum absolute atomic E-state index is 0.186. The monoisotopic (exact) mass is 317 g/mol. The molecule has 1 aliphatic carbocycles. The van der Waals surface area contributed by atoms with E-state index in [-0.39, 0.29) is 18.2 Å². The molecule has 1 saturated carbocycles. The summed E-state index contributed by atoms with van der Waals surface area (Å²) in [6.45, 7) is 7.25. The van der Waals surface area contributed by atoms with Crippen molar-refractivity contribution >= 4 is 17.7 Å². The molecule has 3 amide bonds. The van der Waals surface area contributed by atoms with Gasteiger partial charge in [-0.3, -0.25) is 14.5 Å². The van der Waals surface area contributed by atoms with Gasteiger partial charge in [0.2, 0.25) is 0 Å². The Morgan fingerprint density at radius 2 is 2.00 bits per heavy atom. The fourth-order valence-corrected chi connectivity index (χ4v) is 3.31. The van der Waals surface area contributed by atoms with Crippen LogP contribution in [0.5, 0.6) is 0 Å². The SMILES string of the molecule is CC[C@@]1(C)NC(=O)N(CC(=O)c2cc(C)n(C3CC3)c2C)C1=O. The summed E-state index contributed by atoms with van der Waals surface area (Å²) in [4.78, 5) is 38.1. The fraction of sp³-hybridized carbons (Fsp3) is 0.588. The van der Waals surface area contributed by atoms with Crippen LogP contribution in [0, 0.1) is 13.8 Å². The highest BCUT2D eigenvalue weighted by Crippen LogP contribution is 2.38. The number of urea groups is 1. The Labute approximate surface area is 135 Å². The van der Waals surface area contributed by atoms with Crippen LogP contribution in [0.4, 0.5) is 4.79 Å². The number of carbonyl (C=O) groups excluding carboxylic acids is 3. The summed E-state index contributed by atoms with van der Waals surface area (Å²) < 4.78 is 2.19. The van der Waals surface area contributed by atoms with Crippen molar-refractivity contribution in [1.29, 1.82) is 0 Å². The van der Waals surface area contributed by atoms with Crippen molar-refractivity contribution < 1.29 is 14.4 Å². The number of aryl methyl sites for hydroxylation is 1. The zero-order valence-electron chi connectivity index (χ0n) is 14.1. The van der Waals surface area contributed by atoms with Gasteiger partial charge in [0.25, 0.3) is 5.91 Å². The van der Waals surface area contributed by atoms with Gasteiger partial charge >= 0.3 is 6.03 Å². The van der Waals surface area contributed by atoms with Crippen molar-refractivity contribution in [2.75, 3.05) is 6.54 Å². The first kappa shape index (κ1) is 15.8. The molecule has 23 heavy (non-hydrogen) atoms. The number of carbonyl (C=O) groups is 3. The Bertz CT molecular complexity index is 702. The van der Waals surface area contributed by atoms with Gasteiger partial charge in [-0.2, -0.15) is 0 Å². The van der Waals surface area contributed by atoms with Crippen LogP contribution in [0.25, 0.3) is 0 Å². The van der Waals surface area contributed by atoms with Gasteiger partial charge in [0.05, 0.1) is 6.54 Å². The lowest BCUT2D eigenvalue weighted by Crippen LogP contribution is -2.43. The molecule has 1 aromatic rings. The molecular weight excluding hydrogens is 294 g/mol. The third-order valence-corrected chi connectivity index (χ3v) is 5.05. The van der Waals surface area contributed by atoms with Gasteiger partial charge in [-0.1, -0.05) is 6.92 Å². The van der Waals surface area contributed by atoms with E-state index in [2.05, 4.69) is 9.88 Å². The lowest BCUT2D eigenvalue weighted by atomic mass is 9.99. The van der Waals surface area contributed by atoms with E-state index in [0.29, 0.717) is 18.0 Å². The summed E-state index contributed by atoms with van der Waals surface area (Å²) in [5.41, 5.74) is 1.70. The van der Waals surface area contributed by atoms with Crippen molar-refractivity contribution in [2.24, 2.45) is 0 Å². The van der Waals surface area contributed by atoms with E-state index in [1.165, 1.54) is 0 Å². The highest BCUT2D eigenvalue weighted by atomic mass is 16.2. The number of hydrogen-bond donors (Lipinski definition) is 1. The minimum atomic E-state index is -0.901. The minimum Gasteiger partial charge on any atom is -0.345 e. The van der Waals surface area contributed by atoms with E-state index in [1.807, 2.05) is 26.8 Å². The number of Topliss-reactive ketones (excluding diaryl/α,β-unsaturated/α-hetero) is 1. The second kappa shape index (κ2) is 5.22. The van der Waals surface area contributed by atoms with Crippen LogP contribution in [0.3, 0.4) is 0 Å². The molecule has 3 rings (SSSR count). The van der Waals surface area contributed by atoms with Gasteiger partial charge in [0, 0.05) is 23.0 Å². The smallest absolute Gasteiger partial charge is 0.325 e. The zero-order valence-corrected chi connectivity index (χ0v) is 14.1. The molecule has 6 nitrogen and oxygen atoms in total. The van der Waals surface area contributed by atoms with Crippen molar-refractivity contribution in [3.05, 3.63) is 23.0 Å². The number of nitrogens with one attached hydrogen (secondary N) is 1. The van der Waals surface area contributed by atoms with Crippen LogP contribution < -0.4 is 5.32 Å². The van der Waals surface area contributed by atoms with E-state index in [1.54, 1.807) is 6.92 Å². The van der Waals surface area contributed by atoms with Gasteiger partial charge in [-0.15, -0.1) is 0 Å². The molecule has 2 aliphatic rings. The number of hydrogen-bond acceptors (Lipinski definition) is 3. The zero-order chi connectivity index (χ0) is 16.9. The van der Waals surface area contributed by atoms with Crippen molar-refractivity contribution in [1.82, 2.24) is 14.8 Å². The molecule has 0 unspecified atom stereocenters. The van der Waals surface area contributed by atoms with Crippen LogP contribution in [0.2, 0.25) is 0 Å². The van der Waals surface area contributed by atoms with Crippen molar-refractivity contribution in [2.45, 2.75) is 58.5 Å². The molecule has 0 radical (unpaired) electrons. The number of rotatable bonds is 5. The standard InChI is InChI=1S/C17H23N3O3/c1-5-17(4)15(22)19(16(23)18-17)9-14(21)13-8-10(2)20(11(13)3)12-6-7-12/h8,12H,5-7,9H2,1-4H3,(H,18,23)/t17-/m1/s1. The molecule has 6 heteroatoms. The maximum Gasteiger partial charge on any atom is 0.325 e. The summed E-state index contributed by atoms with van der Waals surface area (Å²) in [5, 5.41) is 2.68. The summed E-state index contributed by atoms with van der Waals surface area (Å²) >= 11 is 0. The molecule has 2 heterocycles. The van der Waals surface area contributed by atoms with Crippen LogP contribution in [-0.4, -0.2) is 39.3 Å². The Kier molecular flexibility index (Phi) is 3.58. The Morgan fingerprint density at radius 1 is 1.35 bits per heavy atom. The summed E-state index contributed by atoms with van der Waals surface area (Å²) in [7, 11) is 0. The lowest BCUT2D eigenvalue weighted by Gasteiger charge is -2.19. The fourth-order valence-electron chi connectivity index (χ4n) is 3.31. The molecule has 1 aliphatic heterocycles. The van der Waals surface area contributed by atoms with Gasteiger partial charge in [-0.05, 0) is 46.1 Å². The average Bonchev–Trinajstić information content (AvgIpc) is 3.25. The Hall–Kier alpha value is -2.11. The lowest BCUT2D eigenvalue weighted by molar-refractivity contribution is -0.130. The van der Waals surface area contributed by atoms with Gasteiger partial charge in [0.1, 0.15) is 5.54 Å². The Balaban J connectivity index is 1.81. The molecule has 124 valence electrons. The largest absolute Gasteiger partial charge is 0.345 e. The average molecular weight is 317 g/mol. The van der Waals surface area contributed by atoms with Gasteiger partial charge < -0.3 is 9.88 Å². The molecular formula is C17H23N3O3. The maximum absolute atomic E-state index is 12.6. The molecule has 1 aromatic heterocycles. The van der Waals surface area contributed by atoms with Crippen LogP contribution in [0.15, 0.2) is 6.07 Å². The van der Waals surface area contributed by atoms with E-state index in [0.717, 1.165) is 29.1 Å². The first-order chi connectivity index (χ1) is 10.8. The molecule has 0 aromatic carbocycles. The summed E-state index contributed by atoms with van der Waals surface area (Å²) in [5.74, 6) is -0.511. The molecule has 1 atom stereocenters. The van der Waals surface area contributed by atoms with Gasteiger partial charge in [-0.25, -0.2) is 4.79 Å². The summed E-state index contributed by atoms with van der Waals surface area (Å²) in [6, 6.07) is 1.88. The first-order valence-corrected chi connectivity index (χ1v) is 8.14. The quantitative estimate of drug-likeness (QED) is 0.669. The molecule has 0 bridgehead atoms. The number of aromatic nitrogens is 1. The predicted octanol–water partition coefficient (Wildman–Crippen LogP) is 2.34. The molecule has 1 N–H and O–H groups in total. The highest BCUT2D eigenvalue weighted by Gasteiger charge is 2.47. The van der Waals surface area contributed by atoms with Crippen molar-refractivity contribution in [3.8, 4) is 0 Å². The number of ketones is 1. The second-order valence-electron chi connectivity index (χ2n) is 6.82. The number of imide groups is 1. The van der Waals surface area contributed by atoms with E-state index >= 15 is 0 Å². The van der Waals surface area contributed by atoms with Crippen LogP contribution in [0.1, 0.15) is 60.9 Å². The second-order valence-corrected chi connectivity index (χ2v) is 6.82. The van der Waals surface area contributed by atoms with E-state index < -0.39 is 11.6 Å². The normalized spacial score (nSPS) is 24.3. The van der Waals surface area contributed by atoms with E-state index in [4.69, 9.17) is 0 Å². The first-order valence-electron chi connectivity index (χ1n) is 8.14. The third kappa shape index (κ3) is 2.46. The molecule has 0 spiro atoms. The third-order valence-electron chi connectivity index (χ3n) is 5.05. The van der Waals surface area contributed by atoms with Crippen molar-refractivity contribution in [3.63, 3.8) is 0 Å². The van der Waals surface area contributed by atoms with Crippen LogP contribution in [-0.2, 0) is 4.79 Å². The molecule has 2 fully saturated rings. The van der Waals surface area contributed by atoms with Gasteiger partial charge in [0.15, 0.2) is 5.78 Å². The number of nitrogens with zero attached hydrogens (tertiary/aromatic N) is 2. The predicted molar refractivity (Wildman–Crippen MR) is 85.4 cm³/mol. The topological polar surface area (TPSA) is 71.4 Å². The molecule has 1 saturated heterocycles. The number of amides is 3. The maximum atomic E-state index is 12.6. The Morgan fingerprint density at radius 3 is 2.52 bits per heavy atom. The van der Waals surface area contributed by atoms with Crippen LogP contribution >= 0.6 is 0 Å². The summed E-state index contributed by atoms with van der Waals surface area (Å²) in [6.07, 6.45) is 2.79.